The first-order valence-corrected chi connectivity index (χ1v) is 5.83. The van der Waals surface area contributed by atoms with Crippen molar-refractivity contribution in [3.8, 4) is 0 Å². The van der Waals surface area contributed by atoms with E-state index >= 15 is 0 Å². The van der Waals surface area contributed by atoms with Gasteiger partial charge in [0.25, 0.3) is 0 Å². The summed E-state index contributed by atoms with van der Waals surface area (Å²) < 4.78 is 0. The van der Waals surface area contributed by atoms with Crippen molar-refractivity contribution in [3.63, 3.8) is 0 Å². The Kier molecular flexibility index (Phi) is 7.61. The Morgan fingerprint density at radius 3 is 2.30 bits per heavy atom. The van der Waals surface area contributed by atoms with E-state index < -0.39 is 23.8 Å². The van der Waals surface area contributed by atoms with Crippen LogP contribution in [0.5, 0.6) is 0 Å². The van der Waals surface area contributed by atoms with Crippen molar-refractivity contribution < 1.29 is 19.5 Å². The molecule has 0 aliphatic carbocycles. The highest BCUT2D eigenvalue weighted by molar-refractivity contribution is 5.85. The number of hydrogen-bond acceptors (Lipinski definition) is 4. The summed E-state index contributed by atoms with van der Waals surface area (Å²) in [4.78, 5) is 33.2. The highest BCUT2D eigenvalue weighted by Crippen LogP contribution is 2.02. The van der Waals surface area contributed by atoms with E-state index in [0.29, 0.717) is 0 Å². The summed E-state index contributed by atoms with van der Waals surface area (Å²) in [5.74, 6) is -2.17. The minimum absolute atomic E-state index is 0. The van der Waals surface area contributed by atoms with E-state index in [-0.39, 0.29) is 25.4 Å². The Morgan fingerprint density at radius 1 is 1.20 bits per heavy atom. The first kappa shape index (κ1) is 17.6. The molecule has 0 spiro atoms. The Labute approximate surface area is 116 Å². The highest BCUT2D eigenvalue weighted by atomic mass is 16.4. The molecule has 0 aliphatic heterocycles. The van der Waals surface area contributed by atoms with Crippen molar-refractivity contribution in [2.45, 2.75) is 25.3 Å². The van der Waals surface area contributed by atoms with Gasteiger partial charge >= 0.3 is 5.97 Å². The van der Waals surface area contributed by atoms with E-state index in [2.05, 4.69) is 5.32 Å². The van der Waals surface area contributed by atoms with Crippen LogP contribution in [0, 0.1) is 0 Å². The van der Waals surface area contributed by atoms with E-state index in [1.54, 1.807) is 24.3 Å². The Hall–Kier alpha value is -2.41. The predicted octanol–water partition coefficient (Wildman–Crippen LogP) is 0.226. The van der Waals surface area contributed by atoms with E-state index in [4.69, 9.17) is 10.8 Å². The zero-order valence-corrected chi connectivity index (χ0v) is 11.0. The van der Waals surface area contributed by atoms with Crippen LogP contribution >= 0.6 is 0 Å². The third kappa shape index (κ3) is 6.50. The molecule has 0 fully saturated rings. The van der Waals surface area contributed by atoms with Crippen LogP contribution in [-0.4, -0.2) is 28.9 Å². The van der Waals surface area contributed by atoms with Crippen LogP contribution in [0.25, 0.3) is 0 Å². The average molecular weight is 281 g/mol. The molecule has 110 valence electrons. The third-order valence-electron chi connectivity index (χ3n) is 2.52. The summed E-state index contributed by atoms with van der Waals surface area (Å²) in [5, 5.41) is 11.3. The molecular formula is C13H19N3O4. The van der Waals surface area contributed by atoms with Gasteiger partial charge in [-0.3, -0.25) is 9.59 Å². The molecule has 1 atom stereocenters. The van der Waals surface area contributed by atoms with Crippen molar-refractivity contribution in [1.29, 1.82) is 0 Å². The molecule has 0 heterocycles. The quantitative estimate of drug-likeness (QED) is 0.565. The number of aliphatic carboxylic acids is 1. The lowest BCUT2D eigenvalue weighted by atomic mass is 10.1. The summed E-state index contributed by atoms with van der Waals surface area (Å²) in [5.41, 5.74) is 5.74. The van der Waals surface area contributed by atoms with Gasteiger partial charge in [0.15, 0.2) is 0 Å². The van der Waals surface area contributed by atoms with Crippen molar-refractivity contribution in [3.05, 3.63) is 35.9 Å². The summed E-state index contributed by atoms with van der Waals surface area (Å²) in [6, 6.07) is 7.88. The molecule has 1 aromatic rings. The molecule has 1 rings (SSSR count). The van der Waals surface area contributed by atoms with Crippen LogP contribution < -0.4 is 17.2 Å². The molecule has 7 nitrogen and oxygen atoms in total. The van der Waals surface area contributed by atoms with E-state index in [1.807, 2.05) is 6.07 Å². The van der Waals surface area contributed by atoms with Gasteiger partial charge in [-0.1, -0.05) is 30.3 Å². The molecular weight excluding hydrogens is 262 g/mol. The normalized spacial score (nSPS) is 11.0. The molecule has 20 heavy (non-hydrogen) atoms. The molecule has 7 N–H and O–H groups in total. The molecule has 0 saturated heterocycles. The second kappa shape index (κ2) is 8.65. The number of nitrogens with two attached hydrogens (primary N) is 1. The monoisotopic (exact) mass is 281 g/mol. The molecule has 1 aromatic carbocycles. The van der Waals surface area contributed by atoms with E-state index in [0.717, 1.165) is 5.56 Å². The number of carbonyl (C=O) groups excluding carboxylic acids is 2. The van der Waals surface area contributed by atoms with Crippen LogP contribution in [-0.2, 0) is 20.8 Å². The van der Waals surface area contributed by atoms with Crippen molar-refractivity contribution in [2.24, 2.45) is 5.73 Å². The van der Waals surface area contributed by atoms with Crippen LogP contribution in [0.3, 0.4) is 0 Å². The van der Waals surface area contributed by atoms with Crippen molar-refractivity contribution in [2.75, 3.05) is 0 Å². The Morgan fingerprint density at radius 2 is 1.80 bits per heavy atom. The van der Waals surface area contributed by atoms with Crippen molar-refractivity contribution >= 4 is 17.8 Å². The fraction of sp³-hybridized carbons (Fsp3) is 0.308. The topological polar surface area (TPSA) is 144 Å². The lowest BCUT2D eigenvalue weighted by Gasteiger charge is -2.13. The minimum atomic E-state index is -1.18. The number of rotatable bonds is 7. The van der Waals surface area contributed by atoms with Gasteiger partial charge in [-0.15, -0.1) is 0 Å². The van der Waals surface area contributed by atoms with Gasteiger partial charge in [0.1, 0.15) is 6.04 Å². The van der Waals surface area contributed by atoms with Gasteiger partial charge in [-0.25, -0.2) is 4.79 Å². The van der Waals surface area contributed by atoms with Crippen LogP contribution in [0.4, 0.5) is 0 Å². The number of primary amides is 1. The van der Waals surface area contributed by atoms with Crippen LogP contribution in [0.2, 0.25) is 0 Å². The number of hydrogen-bond donors (Lipinski definition) is 4. The first-order valence-electron chi connectivity index (χ1n) is 5.83. The summed E-state index contributed by atoms with van der Waals surface area (Å²) in [6.07, 6.45) is 0.00890. The standard InChI is InChI=1S/C13H16N2O4.H3N/c14-11(16)7-6-10(13(18)19)15-12(17)8-9-4-2-1-3-5-9;/h1-5,10H,6-8H2,(H2,14,16)(H,15,17)(H,18,19);1H3/t10-;/m0./s1. The summed E-state index contributed by atoms with van der Waals surface area (Å²) in [6.45, 7) is 0. The van der Waals surface area contributed by atoms with E-state index in [1.165, 1.54) is 0 Å². The largest absolute Gasteiger partial charge is 0.480 e. The number of benzene rings is 1. The molecule has 0 aromatic heterocycles. The van der Waals surface area contributed by atoms with Gasteiger partial charge in [-0.05, 0) is 12.0 Å². The first-order chi connectivity index (χ1) is 8.99. The summed E-state index contributed by atoms with van der Waals surface area (Å²) >= 11 is 0. The van der Waals surface area contributed by atoms with Gasteiger partial charge in [0.2, 0.25) is 11.8 Å². The predicted molar refractivity (Wildman–Crippen MR) is 73.2 cm³/mol. The molecule has 7 heteroatoms. The fourth-order valence-electron chi connectivity index (χ4n) is 1.57. The summed E-state index contributed by atoms with van der Waals surface area (Å²) in [7, 11) is 0. The fourth-order valence-corrected chi connectivity index (χ4v) is 1.57. The van der Waals surface area contributed by atoms with Gasteiger partial charge in [0.05, 0.1) is 6.42 Å². The van der Waals surface area contributed by atoms with E-state index in [9.17, 15) is 14.4 Å². The third-order valence-corrected chi connectivity index (χ3v) is 2.52. The molecule has 0 bridgehead atoms. The van der Waals surface area contributed by atoms with Crippen LogP contribution in [0.1, 0.15) is 18.4 Å². The number of carbonyl (C=O) groups is 3. The van der Waals surface area contributed by atoms with Gasteiger partial charge < -0.3 is 22.3 Å². The maximum atomic E-state index is 11.7. The highest BCUT2D eigenvalue weighted by Gasteiger charge is 2.20. The SMILES string of the molecule is N.NC(=O)CC[C@H](NC(=O)Cc1ccccc1)C(=O)O. The second-order valence-electron chi connectivity index (χ2n) is 4.13. The lowest BCUT2D eigenvalue weighted by Crippen LogP contribution is -2.42. The van der Waals surface area contributed by atoms with Crippen molar-refractivity contribution in [1.82, 2.24) is 11.5 Å². The van der Waals surface area contributed by atoms with Gasteiger partial charge in [-0.2, -0.15) is 0 Å². The van der Waals surface area contributed by atoms with Crippen LogP contribution in [0.15, 0.2) is 30.3 Å². The maximum Gasteiger partial charge on any atom is 0.326 e. The maximum absolute atomic E-state index is 11.7. The average Bonchev–Trinajstić information content (AvgIpc) is 2.35. The Balaban J connectivity index is 0.00000361. The molecule has 0 unspecified atom stereocenters. The molecule has 2 amide bonds. The zero-order valence-electron chi connectivity index (χ0n) is 11.0. The smallest absolute Gasteiger partial charge is 0.326 e. The number of carboxylic acid groups (broad SMARTS) is 1. The minimum Gasteiger partial charge on any atom is -0.480 e. The molecule has 0 radical (unpaired) electrons. The number of carboxylic acids is 1. The Bertz CT molecular complexity index is 462. The number of nitrogens with one attached hydrogen (secondary N) is 1. The molecule has 0 aliphatic rings. The number of amides is 2. The van der Waals surface area contributed by atoms with Gasteiger partial charge in [0, 0.05) is 6.42 Å². The second-order valence-corrected chi connectivity index (χ2v) is 4.13. The zero-order chi connectivity index (χ0) is 14.3. The lowest BCUT2D eigenvalue weighted by molar-refractivity contribution is -0.142. The molecule has 0 saturated carbocycles.